The number of rotatable bonds is 0. The lowest BCUT2D eigenvalue weighted by atomic mass is 11.0. The molecule has 0 bridgehead atoms. The highest BCUT2D eigenvalue weighted by atomic mass is 35.5. The zero-order valence-electron chi connectivity index (χ0n) is 5.44. The molecule has 1 saturated carbocycles. The lowest BCUT2D eigenvalue weighted by Crippen LogP contribution is -1.89. The maximum absolute atomic E-state index is 2.75. The van der Waals surface area contributed by atoms with Crippen LogP contribution in [0.2, 0.25) is 0 Å². The Bertz CT molecular complexity index is 21.6. The maximum atomic E-state index is 2.75. The van der Waals surface area contributed by atoms with E-state index >= 15 is 0 Å². The van der Waals surface area contributed by atoms with E-state index in [4.69, 9.17) is 0 Å². The highest BCUT2D eigenvalue weighted by Crippen LogP contribution is 2.14. The van der Waals surface area contributed by atoms with Crippen LogP contribution in [0, 0.1) is 0 Å². The molecule has 0 spiro atoms. The summed E-state index contributed by atoms with van der Waals surface area (Å²) in [5.74, 6) is 0. The van der Waals surface area contributed by atoms with Crippen molar-refractivity contribution in [3.05, 3.63) is 0 Å². The summed E-state index contributed by atoms with van der Waals surface area (Å²) in [7, 11) is 3.75. The van der Waals surface area contributed by atoms with Gasteiger partial charge in [0.25, 0.3) is 0 Å². The second kappa shape index (κ2) is 15.6. The summed E-state index contributed by atoms with van der Waals surface area (Å²) < 4.78 is 0. The number of hydrogen-bond acceptors (Lipinski definition) is 1. The molecule has 3 heteroatoms. The Morgan fingerprint density at radius 3 is 1.00 bits per heavy atom. The second-order valence-electron chi connectivity index (χ2n) is 1.56. The van der Waals surface area contributed by atoms with Crippen LogP contribution < -0.4 is 5.32 Å². The van der Waals surface area contributed by atoms with Gasteiger partial charge in [-0.25, -0.2) is 0 Å². The van der Waals surface area contributed by atoms with E-state index in [2.05, 4.69) is 5.32 Å². The Kier molecular flexibility index (Phi) is 30.9. The minimum Gasteiger partial charge on any atom is -0.323 e. The Morgan fingerprint density at radius 2 is 1.00 bits per heavy atom. The van der Waals surface area contributed by atoms with Crippen LogP contribution in [0.1, 0.15) is 19.3 Å². The highest BCUT2D eigenvalue weighted by Gasteiger charge is 1.95. The molecule has 0 aromatic carbocycles. The SMILES string of the molecule is C1CC1.CNC.Cl.Cl. The zero-order valence-corrected chi connectivity index (χ0v) is 7.07. The first-order valence-electron chi connectivity index (χ1n) is 2.50. The van der Waals surface area contributed by atoms with Gasteiger partial charge in [-0.3, -0.25) is 0 Å². The molecule has 54 valence electrons. The van der Waals surface area contributed by atoms with E-state index in [0.29, 0.717) is 0 Å². The van der Waals surface area contributed by atoms with Gasteiger partial charge in [-0.05, 0) is 14.1 Å². The van der Waals surface area contributed by atoms with Gasteiger partial charge < -0.3 is 5.32 Å². The topological polar surface area (TPSA) is 12.0 Å². The summed E-state index contributed by atoms with van der Waals surface area (Å²) in [5.41, 5.74) is 0. The quantitative estimate of drug-likeness (QED) is 0.570. The van der Waals surface area contributed by atoms with Gasteiger partial charge >= 0.3 is 0 Å². The van der Waals surface area contributed by atoms with Crippen LogP contribution in [-0.2, 0) is 0 Å². The Hall–Kier alpha value is 0.540. The van der Waals surface area contributed by atoms with Crippen molar-refractivity contribution in [1.29, 1.82) is 0 Å². The maximum Gasteiger partial charge on any atom is -0.0167 e. The largest absolute Gasteiger partial charge is 0.323 e. The van der Waals surface area contributed by atoms with E-state index in [1.807, 2.05) is 14.1 Å². The second-order valence-corrected chi connectivity index (χ2v) is 1.56. The number of nitrogens with one attached hydrogen (secondary N) is 1. The monoisotopic (exact) mass is 159 g/mol. The summed E-state index contributed by atoms with van der Waals surface area (Å²) >= 11 is 0. The minimum atomic E-state index is 0. The molecule has 0 heterocycles. The fourth-order valence-electron chi connectivity index (χ4n) is 0. The van der Waals surface area contributed by atoms with Gasteiger partial charge in [-0.15, -0.1) is 24.8 Å². The molecule has 1 rings (SSSR count). The highest BCUT2D eigenvalue weighted by molar-refractivity contribution is 5.85. The van der Waals surface area contributed by atoms with Crippen LogP contribution in [-0.4, -0.2) is 14.1 Å². The average Bonchev–Trinajstić information content (AvgIpc) is 2.11. The van der Waals surface area contributed by atoms with E-state index in [1.54, 1.807) is 0 Å². The molecule has 1 aliphatic rings. The molecule has 0 amide bonds. The van der Waals surface area contributed by atoms with E-state index in [1.165, 1.54) is 19.3 Å². The Balaban J connectivity index is -0.0000000500. The molecule has 1 N–H and O–H groups in total. The molecule has 0 atom stereocenters. The van der Waals surface area contributed by atoms with Crippen LogP contribution in [0.25, 0.3) is 0 Å². The van der Waals surface area contributed by atoms with Crippen molar-refractivity contribution in [2.75, 3.05) is 14.1 Å². The van der Waals surface area contributed by atoms with Crippen LogP contribution in [0.3, 0.4) is 0 Å². The van der Waals surface area contributed by atoms with E-state index in [9.17, 15) is 0 Å². The van der Waals surface area contributed by atoms with Gasteiger partial charge in [0.1, 0.15) is 0 Å². The molecule has 1 aliphatic carbocycles. The molecule has 0 unspecified atom stereocenters. The molecule has 8 heavy (non-hydrogen) atoms. The first kappa shape index (κ1) is 15.8. The van der Waals surface area contributed by atoms with Crippen molar-refractivity contribution in [3.63, 3.8) is 0 Å². The van der Waals surface area contributed by atoms with Crippen molar-refractivity contribution >= 4 is 24.8 Å². The molecular formula is C5H15Cl2N. The molecule has 0 aliphatic heterocycles. The van der Waals surface area contributed by atoms with Crippen molar-refractivity contribution in [2.24, 2.45) is 0 Å². The molecule has 0 aromatic heterocycles. The van der Waals surface area contributed by atoms with Crippen LogP contribution >= 0.6 is 24.8 Å². The van der Waals surface area contributed by atoms with Gasteiger partial charge in [0.2, 0.25) is 0 Å². The van der Waals surface area contributed by atoms with Crippen molar-refractivity contribution in [1.82, 2.24) is 5.32 Å². The fraction of sp³-hybridized carbons (Fsp3) is 1.00. The lowest BCUT2D eigenvalue weighted by Gasteiger charge is -1.59. The molecule has 0 radical (unpaired) electrons. The number of halogens is 2. The molecule has 1 nitrogen and oxygen atoms in total. The van der Waals surface area contributed by atoms with Crippen LogP contribution in [0.5, 0.6) is 0 Å². The molecule has 0 saturated heterocycles. The summed E-state index contributed by atoms with van der Waals surface area (Å²) in [6, 6.07) is 0. The summed E-state index contributed by atoms with van der Waals surface area (Å²) in [4.78, 5) is 0. The summed E-state index contributed by atoms with van der Waals surface area (Å²) in [6.07, 6.45) is 4.50. The molecular weight excluding hydrogens is 145 g/mol. The smallest absolute Gasteiger partial charge is 0.0167 e. The predicted octanol–water partition coefficient (Wildman–Crippen LogP) is 1.85. The summed E-state index contributed by atoms with van der Waals surface area (Å²) in [5, 5.41) is 2.75. The third kappa shape index (κ3) is 84.6. The van der Waals surface area contributed by atoms with Gasteiger partial charge in [0.05, 0.1) is 0 Å². The standard InChI is InChI=1S/C3H6.C2H7N.2ClH/c1-2-3-1;1-3-2;;/h1-3H2;3H,1-2H3;2*1H. The van der Waals surface area contributed by atoms with Gasteiger partial charge in [0.15, 0.2) is 0 Å². The normalized spacial score (nSPS) is 11.2. The van der Waals surface area contributed by atoms with Gasteiger partial charge in [0, 0.05) is 0 Å². The fourth-order valence-corrected chi connectivity index (χ4v) is 0. The third-order valence-corrected chi connectivity index (χ3v) is 0.354. The van der Waals surface area contributed by atoms with Gasteiger partial charge in [-0.2, -0.15) is 0 Å². The van der Waals surface area contributed by atoms with E-state index in [0.717, 1.165) is 0 Å². The minimum absolute atomic E-state index is 0. The van der Waals surface area contributed by atoms with Crippen molar-refractivity contribution in [3.8, 4) is 0 Å². The van der Waals surface area contributed by atoms with Crippen LogP contribution in [0.4, 0.5) is 0 Å². The van der Waals surface area contributed by atoms with Crippen LogP contribution in [0.15, 0.2) is 0 Å². The summed E-state index contributed by atoms with van der Waals surface area (Å²) in [6.45, 7) is 0. The number of hydrogen-bond donors (Lipinski definition) is 1. The lowest BCUT2D eigenvalue weighted by molar-refractivity contribution is 1.02. The average molecular weight is 160 g/mol. The van der Waals surface area contributed by atoms with Gasteiger partial charge in [-0.1, -0.05) is 19.3 Å². The molecule has 1 fully saturated rings. The molecule has 0 aromatic rings. The van der Waals surface area contributed by atoms with E-state index < -0.39 is 0 Å². The van der Waals surface area contributed by atoms with E-state index in [-0.39, 0.29) is 24.8 Å². The third-order valence-electron chi connectivity index (χ3n) is 0.354. The Labute approximate surface area is 64.1 Å². The predicted molar refractivity (Wildman–Crippen MR) is 43.3 cm³/mol. The first-order valence-corrected chi connectivity index (χ1v) is 2.50. The van der Waals surface area contributed by atoms with Crippen molar-refractivity contribution < 1.29 is 0 Å². The Morgan fingerprint density at radius 1 is 0.875 bits per heavy atom. The first-order chi connectivity index (χ1) is 2.91. The van der Waals surface area contributed by atoms with Crippen molar-refractivity contribution in [2.45, 2.75) is 19.3 Å². The zero-order chi connectivity index (χ0) is 4.83.